The van der Waals surface area contributed by atoms with Crippen LogP contribution in [0, 0.1) is 0 Å². The summed E-state index contributed by atoms with van der Waals surface area (Å²) in [4.78, 5) is 9.72. The van der Waals surface area contributed by atoms with E-state index in [1.54, 1.807) is 0 Å². The van der Waals surface area contributed by atoms with E-state index in [2.05, 4.69) is 204 Å². The van der Waals surface area contributed by atoms with Gasteiger partial charge in [-0.2, -0.15) is 0 Å². The van der Waals surface area contributed by atoms with Gasteiger partial charge in [0.2, 0.25) is 0 Å². The van der Waals surface area contributed by atoms with Gasteiger partial charge < -0.3 is 0 Å². The molecule has 0 N–H and O–H groups in total. The van der Waals surface area contributed by atoms with Gasteiger partial charge in [-0.3, -0.25) is 9.55 Å². The largest absolute Gasteiger partial charge is 0.292 e. The van der Waals surface area contributed by atoms with Crippen molar-refractivity contribution < 1.29 is 0 Å². The maximum atomic E-state index is 5.10. The molecule has 0 radical (unpaired) electrons. The van der Waals surface area contributed by atoms with Gasteiger partial charge in [-0.05, 0) is 103 Å². The number of para-hydroxylation sites is 2. The lowest BCUT2D eigenvalue weighted by molar-refractivity contribution is 0.769. The molecule has 8 aromatic carbocycles. The van der Waals surface area contributed by atoms with Crippen molar-refractivity contribution in [3.05, 3.63) is 235 Å². The van der Waals surface area contributed by atoms with Gasteiger partial charge in [0, 0.05) is 29.0 Å². The quantitative estimate of drug-likeness (QED) is 0.172. The molecule has 3 nitrogen and oxygen atoms in total. The molecule has 0 saturated carbocycles. The fraction of sp³-hybridized carbons (Fsp3) is 0.0189. The van der Waals surface area contributed by atoms with Crippen molar-refractivity contribution in [2.75, 3.05) is 0 Å². The lowest BCUT2D eigenvalue weighted by Gasteiger charge is -2.34. The molecule has 56 heavy (non-hydrogen) atoms. The summed E-state index contributed by atoms with van der Waals surface area (Å²) in [6, 6.07) is 72.5. The monoisotopic (exact) mass is 713 g/mol. The second kappa shape index (κ2) is 12.9. The molecule has 2 heterocycles. The third kappa shape index (κ3) is 4.84. The zero-order chi connectivity index (χ0) is 37.1. The normalized spacial score (nSPS) is 12.8. The molecule has 3 heteroatoms. The number of benzene rings is 8. The molecule has 0 saturated heterocycles. The average Bonchev–Trinajstić information content (AvgIpc) is 3.81. The van der Waals surface area contributed by atoms with E-state index in [0.717, 1.165) is 44.6 Å². The molecule has 0 aliphatic heterocycles. The summed E-state index contributed by atoms with van der Waals surface area (Å²) < 4.78 is 2.28. The summed E-state index contributed by atoms with van der Waals surface area (Å²) in [5.41, 5.74) is 15.9. The van der Waals surface area contributed by atoms with Gasteiger partial charge >= 0.3 is 0 Å². The van der Waals surface area contributed by atoms with Crippen molar-refractivity contribution in [1.29, 1.82) is 0 Å². The molecule has 1 aliphatic carbocycles. The Balaban J connectivity index is 1.18. The predicted octanol–water partition coefficient (Wildman–Crippen LogP) is 12.9. The first-order valence-electron chi connectivity index (χ1n) is 19.2. The number of aromatic nitrogens is 3. The van der Waals surface area contributed by atoms with Gasteiger partial charge in [-0.1, -0.05) is 158 Å². The Bertz CT molecular complexity index is 3010. The summed E-state index contributed by atoms with van der Waals surface area (Å²) in [6.07, 6.45) is 3.89. The summed E-state index contributed by atoms with van der Waals surface area (Å²) in [7, 11) is 0. The second-order valence-corrected chi connectivity index (χ2v) is 14.5. The van der Waals surface area contributed by atoms with Crippen LogP contribution in [0.2, 0.25) is 0 Å². The van der Waals surface area contributed by atoms with Crippen LogP contribution in [-0.4, -0.2) is 14.5 Å². The fourth-order valence-corrected chi connectivity index (χ4v) is 9.16. The maximum Gasteiger partial charge on any atom is 0.145 e. The number of rotatable bonds is 6. The standard InChI is InChI=1S/C53H35N3/c1-4-15-38(16-5-1)52-55-50-25-12-13-26-51(50)56(52)41-29-27-37(28-30-41)44-33-46-43-22-10-11-24-48(43)53(39-18-6-2-7-19-39,40-20-8-3-9-21-40)49(46)34-45(44)42-23-14-17-36-31-32-54-35-47(36)42/h1-35H. The first kappa shape index (κ1) is 32.1. The minimum Gasteiger partial charge on any atom is -0.292 e. The van der Waals surface area contributed by atoms with Crippen molar-refractivity contribution >= 4 is 21.8 Å². The van der Waals surface area contributed by atoms with Crippen molar-refractivity contribution in [3.8, 4) is 50.5 Å². The zero-order valence-corrected chi connectivity index (χ0v) is 30.5. The predicted molar refractivity (Wildman–Crippen MR) is 230 cm³/mol. The van der Waals surface area contributed by atoms with E-state index in [9.17, 15) is 0 Å². The second-order valence-electron chi connectivity index (χ2n) is 14.5. The van der Waals surface area contributed by atoms with Gasteiger partial charge in [0.25, 0.3) is 0 Å². The van der Waals surface area contributed by atoms with E-state index in [-0.39, 0.29) is 0 Å². The van der Waals surface area contributed by atoms with E-state index >= 15 is 0 Å². The van der Waals surface area contributed by atoms with Crippen LogP contribution >= 0.6 is 0 Å². The van der Waals surface area contributed by atoms with Crippen molar-refractivity contribution in [2.45, 2.75) is 5.41 Å². The van der Waals surface area contributed by atoms with Gasteiger partial charge in [0.1, 0.15) is 5.82 Å². The maximum absolute atomic E-state index is 5.10. The highest BCUT2D eigenvalue weighted by Gasteiger charge is 2.46. The van der Waals surface area contributed by atoms with Crippen molar-refractivity contribution in [3.63, 3.8) is 0 Å². The van der Waals surface area contributed by atoms with Gasteiger partial charge in [0.15, 0.2) is 0 Å². The third-order valence-corrected chi connectivity index (χ3v) is 11.6. The summed E-state index contributed by atoms with van der Waals surface area (Å²) in [5.74, 6) is 0.927. The van der Waals surface area contributed by atoms with Crippen LogP contribution in [0.1, 0.15) is 22.3 Å². The highest BCUT2D eigenvalue weighted by Crippen LogP contribution is 2.58. The molecule has 0 fully saturated rings. The van der Waals surface area contributed by atoms with Crippen LogP contribution in [0.15, 0.2) is 213 Å². The van der Waals surface area contributed by atoms with E-state index in [1.807, 2.05) is 18.5 Å². The molecule has 10 aromatic rings. The molecule has 0 atom stereocenters. The third-order valence-electron chi connectivity index (χ3n) is 11.6. The minimum atomic E-state index is -0.509. The first-order valence-corrected chi connectivity index (χ1v) is 19.2. The van der Waals surface area contributed by atoms with Gasteiger partial charge in [-0.15, -0.1) is 0 Å². The Morgan fingerprint density at radius 1 is 0.429 bits per heavy atom. The smallest absolute Gasteiger partial charge is 0.145 e. The number of hydrogen-bond acceptors (Lipinski definition) is 2. The summed E-state index contributed by atoms with van der Waals surface area (Å²) in [5, 5.41) is 2.30. The van der Waals surface area contributed by atoms with Crippen molar-refractivity contribution in [2.24, 2.45) is 0 Å². The molecule has 0 bridgehead atoms. The van der Waals surface area contributed by atoms with E-state index in [4.69, 9.17) is 4.98 Å². The van der Waals surface area contributed by atoms with E-state index < -0.39 is 5.41 Å². The highest BCUT2D eigenvalue weighted by molar-refractivity contribution is 6.03. The topological polar surface area (TPSA) is 30.7 Å². The molecule has 0 amide bonds. The SMILES string of the molecule is c1ccc(-c2nc3ccccc3n2-c2ccc(-c3cc4c(cc3-c3cccc5ccncc35)C(c3ccccc3)(c3ccccc3)c3ccccc3-4)cc2)cc1. The zero-order valence-electron chi connectivity index (χ0n) is 30.5. The highest BCUT2D eigenvalue weighted by atomic mass is 15.1. The first-order chi connectivity index (χ1) is 27.8. The van der Waals surface area contributed by atoms with Crippen LogP contribution in [-0.2, 0) is 5.41 Å². The number of imidazole rings is 1. The van der Waals surface area contributed by atoms with E-state index in [1.165, 1.54) is 49.9 Å². The van der Waals surface area contributed by atoms with E-state index in [0.29, 0.717) is 0 Å². The molecular weight excluding hydrogens is 679 g/mol. The molecule has 0 spiro atoms. The Morgan fingerprint density at radius 2 is 1.09 bits per heavy atom. The summed E-state index contributed by atoms with van der Waals surface area (Å²) >= 11 is 0. The average molecular weight is 714 g/mol. The number of nitrogens with zero attached hydrogens (tertiary/aromatic N) is 3. The van der Waals surface area contributed by atoms with Gasteiger partial charge in [0.05, 0.1) is 16.4 Å². The summed E-state index contributed by atoms with van der Waals surface area (Å²) in [6.45, 7) is 0. The van der Waals surface area contributed by atoms with Crippen molar-refractivity contribution in [1.82, 2.24) is 14.5 Å². The Morgan fingerprint density at radius 3 is 1.86 bits per heavy atom. The number of fused-ring (bicyclic) bond motifs is 5. The molecular formula is C53H35N3. The lowest BCUT2D eigenvalue weighted by Crippen LogP contribution is -2.28. The molecule has 262 valence electrons. The Hall–Kier alpha value is -7.36. The Kier molecular flexibility index (Phi) is 7.39. The number of pyridine rings is 1. The van der Waals surface area contributed by atoms with Crippen LogP contribution in [0.4, 0.5) is 0 Å². The Labute approximate surface area is 325 Å². The lowest BCUT2D eigenvalue weighted by atomic mass is 9.67. The molecule has 11 rings (SSSR count). The van der Waals surface area contributed by atoms with Crippen LogP contribution < -0.4 is 0 Å². The molecule has 2 aromatic heterocycles. The van der Waals surface area contributed by atoms with Crippen LogP contribution in [0.5, 0.6) is 0 Å². The fourth-order valence-electron chi connectivity index (χ4n) is 9.16. The minimum absolute atomic E-state index is 0.509. The molecule has 0 unspecified atom stereocenters. The van der Waals surface area contributed by atoms with Crippen LogP contribution in [0.3, 0.4) is 0 Å². The van der Waals surface area contributed by atoms with Gasteiger partial charge in [-0.25, -0.2) is 4.98 Å². The molecule has 1 aliphatic rings. The van der Waals surface area contributed by atoms with Crippen LogP contribution in [0.25, 0.3) is 72.3 Å². The number of hydrogen-bond donors (Lipinski definition) is 0.